The van der Waals surface area contributed by atoms with E-state index in [9.17, 15) is 13.6 Å². The number of hydrogen-bond acceptors (Lipinski definition) is 2. The van der Waals surface area contributed by atoms with Gasteiger partial charge in [-0.15, -0.1) is 0 Å². The second-order valence-electron chi connectivity index (χ2n) is 3.85. The van der Waals surface area contributed by atoms with Crippen LogP contribution in [0, 0.1) is 12.7 Å². The molecule has 86 valence electrons. The lowest BCUT2D eigenvalue weighted by molar-refractivity contribution is 0.313. The molecule has 1 heterocycles. The van der Waals surface area contributed by atoms with Crippen molar-refractivity contribution in [3.8, 4) is 0 Å². The van der Waals surface area contributed by atoms with E-state index in [1.165, 1.54) is 13.0 Å². The molecule has 0 radical (unpaired) electrons. The van der Waals surface area contributed by atoms with Gasteiger partial charge < -0.3 is 4.42 Å². The molecule has 5 heteroatoms. The Morgan fingerprint density at radius 1 is 1.50 bits per heavy atom. The molecule has 0 aliphatic rings. The molecule has 1 aromatic carbocycles. The van der Waals surface area contributed by atoms with Crippen LogP contribution in [0.3, 0.4) is 0 Å². The number of hydrogen-bond donors (Lipinski definition) is 0. The van der Waals surface area contributed by atoms with Crippen LogP contribution in [0.4, 0.5) is 8.78 Å². The summed E-state index contributed by atoms with van der Waals surface area (Å²) in [5.74, 6) is -1.33. The van der Waals surface area contributed by atoms with Crippen molar-refractivity contribution in [2.75, 3.05) is 0 Å². The number of aryl methyl sites for hydroxylation is 1. The fraction of sp³-hybridized carbons (Fsp3) is 0.364. The van der Waals surface area contributed by atoms with Crippen molar-refractivity contribution < 1.29 is 13.2 Å². The molecule has 0 aliphatic carbocycles. The molecule has 1 atom stereocenters. The molecule has 0 saturated heterocycles. The number of alkyl halides is 1. The molecule has 0 amide bonds. The van der Waals surface area contributed by atoms with E-state index in [-0.39, 0.29) is 12.1 Å². The van der Waals surface area contributed by atoms with Crippen LogP contribution in [0.2, 0.25) is 0 Å². The molecule has 0 spiro atoms. The van der Waals surface area contributed by atoms with Crippen LogP contribution >= 0.6 is 0 Å². The highest BCUT2D eigenvalue weighted by atomic mass is 19.1. The molecule has 0 fully saturated rings. The van der Waals surface area contributed by atoms with Gasteiger partial charge in [-0.05, 0) is 31.5 Å². The molecule has 3 nitrogen and oxygen atoms in total. The maximum absolute atomic E-state index is 13.4. The Morgan fingerprint density at radius 2 is 2.19 bits per heavy atom. The summed E-state index contributed by atoms with van der Waals surface area (Å²) in [4.78, 5) is 11.4. The minimum absolute atomic E-state index is 0.115. The Labute approximate surface area is 90.3 Å². The predicted molar refractivity (Wildman–Crippen MR) is 55.7 cm³/mol. The summed E-state index contributed by atoms with van der Waals surface area (Å²) in [7, 11) is 0. The summed E-state index contributed by atoms with van der Waals surface area (Å²) in [6, 6.07) is 2.88. The first-order chi connectivity index (χ1) is 7.49. The Kier molecular flexibility index (Phi) is 2.53. The van der Waals surface area contributed by atoms with E-state index in [0.717, 1.165) is 4.57 Å². The second-order valence-corrected chi connectivity index (χ2v) is 3.85. The summed E-state index contributed by atoms with van der Waals surface area (Å²) in [5.41, 5.74) is 0.842. The summed E-state index contributed by atoms with van der Waals surface area (Å²) in [6.07, 6.45) is -1.19. The normalized spacial score (nSPS) is 13.2. The van der Waals surface area contributed by atoms with Gasteiger partial charge in [0.15, 0.2) is 11.4 Å². The van der Waals surface area contributed by atoms with Gasteiger partial charge in [-0.1, -0.05) is 0 Å². The van der Waals surface area contributed by atoms with Crippen molar-refractivity contribution in [2.45, 2.75) is 26.6 Å². The SMILES string of the molecule is Cc1cc(F)c2oc(=O)n(CC(C)F)c2c1. The average Bonchev–Trinajstić information content (AvgIpc) is 2.45. The summed E-state index contributed by atoms with van der Waals surface area (Å²) >= 11 is 0. The number of rotatable bonds is 2. The highest BCUT2D eigenvalue weighted by molar-refractivity contribution is 5.74. The summed E-state index contributed by atoms with van der Waals surface area (Å²) in [6.45, 7) is 2.90. The van der Waals surface area contributed by atoms with E-state index in [1.54, 1.807) is 13.0 Å². The standard InChI is InChI=1S/C11H11F2NO2/c1-6-3-8(13)10-9(4-6)14(5-7(2)12)11(15)16-10/h3-4,7H,5H2,1-2H3. The fourth-order valence-corrected chi connectivity index (χ4v) is 1.68. The molecule has 0 N–H and O–H groups in total. The van der Waals surface area contributed by atoms with Gasteiger partial charge in [0.1, 0.15) is 6.17 Å². The second kappa shape index (κ2) is 3.73. The van der Waals surface area contributed by atoms with Gasteiger partial charge in [-0.2, -0.15) is 0 Å². The minimum atomic E-state index is -1.19. The third-order valence-electron chi connectivity index (χ3n) is 2.30. The highest BCUT2D eigenvalue weighted by Crippen LogP contribution is 2.19. The van der Waals surface area contributed by atoms with Gasteiger partial charge in [-0.3, -0.25) is 4.57 Å². The van der Waals surface area contributed by atoms with Gasteiger partial charge in [-0.25, -0.2) is 13.6 Å². The summed E-state index contributed by atoms with van der Waals surface area (Å²) in [5, 5.41) is 0. The van der Waals surface area contributed by atoms with Gasteiger partial charge in [0.25, 0.3) is 0 Å². The van der Waals surface area contributed by atoms with E-state index < -0.39 is 17.7 Å². The zero-order valence-corrected chi connectivity index (χ0v) is 8.96. The van der Waals surface area contributed by atoms with E-state index in [1.807, 2.05) is 0 Å². The van der Waals surface area contributed by atoms with E-state index >= 15 is 0 Å². The van der Waals surface area contributed by atoms with Crippen LogP contribution in [0.15, 0.2) is 21.3 Å². The highest BCUT2D eigenvalue weighted by Gasteiger charge is 2.15. The van der Waals surface area contributed by atoms with Crippen molar-refractivity contribution in [1.29, 1.82) is 0 Å². The van der Waals surface area contributed by atoms with Crippen LogP contribution in [0.1, 0.15) is 12.5 Å². The number of aromatic nitrogens is 1. The Hall–Kier alpha value is -1.65. The monoisotopic (exact) mass is 227 g/mol. The smallest absolute Gasteiger partial charge is 0.405 e. The Morgan fingerprint density at radius 3 is 2.81 bits per heavy atom. The lowest BCUT2D eigenvalue weighted by Gasteiger charge is -2.03. The van der Waals surface area contributed by atoms with E-state index in [2.05, 4.69) is 0 Å². The topological polar surface area (TPSA) is 35.1 Å². The van der Waals surface area contributed by atoms with Gasteiger partial charge in [0, 0.05) is 0 Å². The molecule has 1 aromatic heterocycles. The molecular formula is C11H11F2NO2. The largest absolute Gasteiger partial charge is 0.420 e. The van der Waals surface area contributed by atoms with Crippen molar-refractivity contribution in [3.63, 3.8) is 0 Å². The quantitative estimate of drug-likeness (QED) is 0.789. The van der Waals surface area contributed by atoms with Crippen molar-refractivity contribution in [3.05, 3.63) is 34.1 Å². The fourth-order valence-electron chi connectivity index (χ4n) is 1.68. The van der Waals surface area contributed by atoms with Gasteiger partial charge in [0.05, 0.1) is 12.1 Å². The number of oxazole rings is 1. The Bertz CT molecular complexity index is 583. The zero-order chi connectivity index (χ0) is 11.9. The van der Waals surface area contributed by atoms with Gasteiger partial charge in [0.2, 0.25) is 0 Å². The first-order valence-electron chi connectivity index (χ1n) is 4.92. The summed E-state index contributed by atoms with van der Waals surface area (Å²) < 4.78 is 32.2. The zero-order valence-electron chi connectivity index (χ0n) is 8.96. The lowest BCUT2D eigenvalue weighted by atomic mass is 10.2. The number of halogens is 2. The van der Waals surface area contributed by atoms with Crippen LogP contribution < -0.4 is 5.76 Å². The van der Waals surface area contributed by atoms with E-state index in [4.69, 9.17) is 4.42 Å². The third-order valence-corrected chi connectivity index (χ3v) is 2.30. The predicted octanol–water partition coefficient (Wildman–Crippen LogP) is 2.40. The maximum Gasteiger partial charge on any atom is 0.420 e. The van der Waals surface area contributed by atoms with Crippen LogP contribution in [-0.2, 0) is 6.54 Å². The van der Waals surface area contributed by atoms with Crippen molar-refractivity contribution >= 4 is 11.1 Å². The lowest BCUT2D eigenvalue weighted by Crippen LogP contribution is -2.19. The van der Waals surface area contributed by atoms with Crippen LogP contribution in [0.5, 0.6) is 0 Å². The molecule has 2 rings (SSSR count). The maximum atomic E-state index is 13.4. The Balaban J connectivity index is 2.73. The minimum Gasteiger partial charge on any atom is -0.405 e. The van der Waals surface area contributed by atoms with Gasteiger partial charge >= 0.3 is 5.76 Å². The molecule has 0 aliphatic heterocycles. The number of fused-ring (bicyclic) bond motifs is 1. The molecule has 0 saturated carbocycles. The van der Waals surface area contributed by atoms with Crippen molar-refractivity contribution in [2.24, 2.45) is 0 Å². The molecule has 1 unspecified atom stereocenters. The van der Waals surface area contributed by atoms with Crippen molar-refractivity contribution in [1.82, 2.24) is 4.57 Å². The molecule has 16 heavy (non-hydrogen) atoms. The molecular weight excluding hydrogens is 216 g/mol. The third kappa shape index (κ3) is 1.73. The average molecular weight is 227 g/mol. The molecule has 0 bridgehead atoms. The number of nitrogens with zero attached hydrogens (tertiary/aromatic N) is 1. The first kappa shape index (κ1) is 10.9. The first-order valence-corrected chi connectivity index (χ1v) is 4.92. The van der Waals surface area contributed by atoms with E-state index in [0.29, 0.717) is 11.1 Å². The number of benzene rings is 1. The van der Waals surface area contributed by atoms with Crippen LogP contribution in [0.25, 0.3) is 11.1 Å². The molecule has 2 aromatic rings. The van der Waals surface area contributed by atoms with Crippen LogP contribution in [-0.4, -0.2) is 10.7 Å².